The molecule has 0 radical (unpaired) electrons. The lowest BCUT2D eigenvalue weighted by molar-refractivity contribution is 0.174. The third kappa shape index (κ3) is 3.12. The molecule has 5 heteroatoms. The molecule has 2 rings (SSSR count). The Labute approximate surface area is 99.6 Å². The molecular weight excluding hydrogens is 218 g/mol. The van der Waals surface area contributed by atoms with Crippen LogP contribution in [-0.2, 0) is 17.8 Å². The second-order valence-corrected chi connectivity index (χ2v) is 3.78. The van der Waals surface area contributed by atoms with E-state index < -0.39 is 0 Å². The van der Waals surface area contributed by atoms with Crippen molar-refractivity contribution in [2.45, 2.75) is 19.1 Å². The third-order valence-electron chi connectivity index (χ3n) is 2.37. The molecule has 1 aromatic heterocycles. The van der Waals surface area contributed by atoms with E-state index >= 15 is 0 Å². The molecule has 0 aliphatic rings. The molecule has 0 spiro atoms. The topological polar surface area (TPSA) is 74.2 Å². The lowest BCUT2D eigenvalue weighted by Crippen LogP contribution is -2.13. The highest BCUT2D eigenvalue weighted by Gasteiger charge is 2.15. The maximum atomic E-state index is 6.00. The SMILES string of the molecule is COCc1noc([C@H](N)Cc2ccccc2)n1. The van der Waals surface area contributed by atoms with Crippen LogP contribution >= 0.6 is 0 Å². The van der Waals surface area contributed by atoms with E-state index in [0.717, 1.165) is 5.56 Å². The zero-order valence-corrected chi connectivity index (χ0v) is 9.67. The smallest absolute Gasteiger partial charge is 0.243 e. The zero-order chi connectivity index (χ0) is 12.1. The third-order valence-corrected chi connectivity index (χ3v) is 2.37. The van der Waals surface area contributed by atoms with E-state index in [2.05, 4.69) is 10.1 Å². The van der Waals surface area contributed by atoms with Gasteiger partial charge in [-0.15, -0.1) is 0 Å². The van der Waals surface area contributed by atoms with E-state index in [1.54, 1.807) is 7.11 Å². The van der Waals surface area contributed by atoms with Crippen LogP contribution in [0.25, 0.3) is 0 Å². The maximum absolute atomic E-state index is 6.00. The molecule has 0 bridgehead atoms. The molecule has 90 valence electrons. The van der Waals surface area contributed by atoms with E-state index in [4.69, 9.17) is 15.0 Å². The number of nitrogens with two attached hydrogens (primary N) is 1. The number of methoxy groups -OCH3 is 1. The molecule has 0 amide bonds. The Morgan fingerprint density at radius 1 is 1.35 bits per heavy atom. The summed E-state index contributed by atoms with van der Waals surface area (Å²) >= 11 is 0. The lowest BCUT2D eigenvalue weighted by Gasteiger charge is -2.05. The molecule has 17 heavy (non-hydrogen) atoms. The maximum Gasteiger partial charge on any atom is 0.243 e. The van der Waals surface area contributed by atoms with Crippen molar-refractivity contribution < 1.29 is 9.26 Å². The average Bonchev–Trinajstić information content (AvgIpc) is 2.79. The molecule has 0 unspecified atom stereocenters. The second-order valence-electron chi connectivity index (χ2n) is 3.78. The first kappa shape index (κ1) is 11.8. The van der Waals surface area contributed by atoms with Gasteiger partial charge in [0.15, 0.2) is 5.82 Å². The molecule has 1 atom stereocenters. The van der Waals surface area contributed by atoms with Crippen molar-refractivity contribution >= 4 is 0 Å². The van der Waals surface area contributed by atoms with E-state index in [1.165, 1.54) is 0 Å². The minimum atomic E-state index is -0.282. The Hall–Kier alpha value is -1.72. The molecule has 0 saturated heterocycles. The van der Waals surface area contributed by atoms with Gasteiger partial charge >= 0.3 is 0 Å². The summed E-state index contributed by atoms with van der Waals surface area (Å²) in [6, 6.07) is 9.69. The van der Waals surface area contributed by atoms with E-state index in [9.17, 15) is 0 Å². The fourth-order valence-corrected chi connectivity index (χ4v) is 1.56. The molecule has 5 nitrogen and oxygen atoms in total. The second kappa shape index (κ2) is 5.56. The van der Waals surface area contributed by atoms with Crippen LogP contribution in [0, 0.1) is 0 Å². The summed E-state index contributed by atoms with van der Waals surface area (Å²) in [7, 11) is 1.58. The van der Waals surface area contributed by atoms with E-state index in [1.807, 2.05) is 30.3 Å². The molecular formula is C12H15N3O2. The number of nitrogens with zero attached hydrogens (tertiary/aromatic N) is 2. The highest BCUT2D eigenvalue weighted by atomic mass is 16.5. The van der Waals surface area contributed by atoms with Gasteiger partial charge in [-0.05, 0) is 12.0 Å². The van der Waals surface area contributed by atoms with Crippen LogP contribution in [0.3, 0.4) is 0 Å². The van der Waals surface area contributed by atoms with Gasteiger partial charge in [0.25, 0.3) is 0 Å². The van der Waals surface area contributed by atoms with Crippen LogP contribution < -0.4 is 5.73 Å². The highest BCUT2D eigenvalue weighted by Crippen LogP contribution is 2.14. The molecule has 0 fully saturated rings. The first-order chi connectivity index (χ1) is 8.29. The first-order valence-electron chi connectivity index (χ1n) is 5.40. The Balaban J connectivity index is 2.01. The molecule has 1 aromatic carbocycles. The predicted octanol–water partition coefficient (Wildman–Crippen LogP) is 1.46. The van der Waals surface area contributed by atoms with Gasteiger partial charge in [0, 0.05) is 7.11 Å². The quantitative estimate of drug-likeness (QED) is 0.846. The molecule has 0 aliphatic heterocycles. The van der Waals surface area contributed by atoms with Gasteiger partial charge < -0.3 is 15.0 Å². The minimum absolute atomic E-state index is 0.282. The number of hydrogen-bond donors (Lipinski definition) is 1. The normalized spacial score (nSPS) is 12.6. The Morgan fingerprint density at radius 2 is 2.12 bits per heavy atom. The monoisotopic (exact) mass is 233 g/mol. The first-order valence-corrected chi connectivity index (χ1v) is 5.40. The van der Waals surface area contributed by atoms with Gasteiger partial charge in [-0.1, -0.05) is 35.5 Å². The van der Waals surface area contributed by atoms with Crippen LogP contribution in [0.5, 0.6) is 0 Å². The van der Waals surface area contributed by atoms with Crippen molar-refractivity contribution in [2.24, 2.45) is 5.73 Å². The standard InChI is InChI=1S/C12H15N3O2/c1-16-8-11-14-12(17-15-11)10(13)7-9-5-3-2-4-6-9/h2-6,10H,7-8,13H2,1H3/t10-/m1/s1. The highest BCUT2D eigenvalue weighted by molar-refractivity contribution is 5.16. The van der Waals surface area contributed by atoms with Crippen LogP contribution in [-0.4, -0.2) is 17.3 Å². The molecule has 0 saturated carbocycles. The molecule has 2 aromatic rings. The minimum Gasteiger partial charge on any atom is -0.377 e. The summed E-state index contributed by atoms with van der Waals surface area (Å²) in [5, 5.41) is 3.78. The summed E-state index contributed by atoms with van der Waals surface area (Å²) < 4.78 is 10.00. The van der Waals surface area contributed by atoms with Crippen molar-refractivity contribution in [3.05, 3.63) is 47.6 Å². The summed E-state index contributed by atoms with van der Waals surface area (Å²) in [6.45, 7) is 0.335. The Kier molecular flexibility index (Phi) is 3.85. The van der Waals surface area contributed by atoms with Crippen molar-refractivity contribution in [2.75, 3.05) is 7.11 Å². The number of hydrogen-bond acceptors (Lipinski definition) is 5. The number of rotatable bonds is 5. The van der Waals surface area contributed by atoms with Gasteiger partial charge in [0.05, 0.1) is 6.04 Å². The fraction of sp³-hybridized carbons (Fsp3) is 0.333. The van der Waals surface area contributed by atoms with Crippen LogP contribution in [0.2, 0.25) is 0 Å². The predicted molar refractivity (Wildman–Crippen MR) is 62.1 cm³/mol. The Morgan fingerprint density at radius 3 is 2.82 bits per heavy atom. The largest absolute Gasteiger partial charge is 0.377 e. The fourth-order valence-electron chi connectivity index (χ4n) is 1.56. The molecule has 2 N–H and O–H groups in total. The average molecular weight is 233 g/mol. The van der Waals surface area contributed by atoms with Crippen LogP contribution in [0.1, 0.15) is 23.3 Å². The van der Waals surface area contributed by atoms with Gasteiger partial charge in [-0.2, -0.15) is 4.98 Å². The Bertz CT molecular complexity index is 456. The van der Waals surface area contributed by atoms with Crippen LogP contribution in [0.4, 0.5) is 0 Å². The van der Waals surface area contributed by atoms with Gasteiger partial charge in [0.2, 0.25) is 5.89 Å². The van der Waals surface area contributed by atoms with Gasteiger partial charge in [-0.3, -0.25) is 0 Å². The zero-order valence-electron chi connectivity index (χ0n) is 9.67. The summed E-state index contributed by atoms with van der Waals surface area (Å²) in [6.07, 6.45) is 0.676. The number of benzene rings is 1. The van der Waals surface area contributed by atoms with Crippen molar-refractivity contribution in [3.8, 4) is 0 Å². The van der Waals surface area contributed by atoms with Crippen molar-refractivity contribution in [1.29, 1.82) is 0 Å². The van der Waals surface area contributed by atoms with Gasteiger partial charge in [0.1, 0.15) is 6.61 Å². The summed E-state index contributed by atoms with van der Waals surface area (Å²) in [4.78, 5) is 4.17. The molecule has 1 heterocycles. The lowest BCUT2D eigenvalue weighted by atomic mass is 10.1. The summed E-state index contributed by atoms with van der Waals surface area (Å²) in [5.74, 6) is 0.965. The van der Waals surface area contributed by atoms with E-state index in [0.29, 0.717) is 24.7 Å². The molecule has 0 aliphatic carbocycles. The number of aromatic nitrogens is 2. The van der Waals surface area contributed by atoms with Crippen molar-refractivity contribution in [3.63, 3.8) is 0 Å². The van der Waals surface area contributed by atoms with Crippen molar-refractivity contribution in [1.82, 2.24) is 10.1 Å². The summed E-state index contributed by atoms with van der Waals surface area (Å²) in [5.41, 5.74) is 7.14. The van der Waals surface area contributed by atoms with Gasteiger partial charge in [-0.25, -0.2) is 0 Å². The number of ether oxygens (including phenoxy) is 1. The van der Waals surface area contributed by atoms with E-state index in [-0.39, 0.29) is 6.04 Å². The van der Waals surface area contributed by atoms with Crippen LogP contribution in [0.15, 0.2) is 34.9 Å².